The number of amides is 1. The number of aromatic amines is 2. The minimum Gasteiger partial charge on any atom is -0.395 e. The maximum atomic E-state index is 12.0. The molecule has 100 valence electrons. The van der Waals surface area contributed by atoms with Crippen molar-refractivity contribution in [1.82, 2.24) is 25.5 Å². The van der Waals surface area contributed by atoms with E-state index >= 15 is 0 Å². The van der Waals surface area contributed by atoms with Gasteiger partial charge in [-0.15, -0.1) is 0 Å². The predicted octanol–water partition coefficient (Wildman–Crippen LogP) is 0.565. The van der Waals surface area contributed by atoms with E-state index in [1.807, 2.05) is 0 Å². The number of carbonyl (C=O) groups is 1. The number of anilines is 1. The SMILES string of the molecule is Nc1c(C(=O)NCCc2cnc[nH]2)n[nH]c1C1CC1. The van der Waals surface area contributed by atoms with Gasteiger partial charge in [-0.1, -0.05) is 0 Å². The quantitative estimate of drug-likeness (QED) is 0.629. The van der Waals surface area contributed by atoms with Crippen LogP contribution in [0.2, 0.25) is 0 Å². The summed E-state index contributed by atoms with van der Waals surface area (Å²) in [4.78, 5) is 18.8. The van der Waals surface area contributed by atoms with Crippen LogP contribution in [0.25, 0.3) is 0 Å². The van der Waals surface area contributed by atoms with Gasteiger partial charge in [-0.2, -0.15) is 5.10 Å². The molecule has 1 aliphatic carbocycles. The lowest BCUT2D eigenvalue weighted by atomic mass is 10.2. The Kier molecular flexibility index (Phi) is 2.94. The van der Waals surface area contributed by atoms with Crippen molar-refractivity contribution in [2.45, 2.75) is 25.2 Å². The second-order valence-electron chi connectivity index (χ2n) is 4.76. The summed E-state index contributed by atoms with van der Waals surface area (Å²) < 4.78 is 0. The van der Waals surface area contributed by atoms with Crippen LogP contribution in [0.5, 0.6) is 0 Å². The van der Waals surface area contributed by atoms with Crippen molar-refractivity contribution in [2.75, 3.05) is 12.3 Å². The van der Waals surface area contributed by atoms with Crippen molar-refractivity contribution in [2.24, 2.45) is 0 Å². The van der Waals surface area contributed by atoms with E-state index in [0.717, 1.165) is 24.2 Å². The number of nitrogens with one attached hydrogen (secondary N) is 3. The van der Waals surface area contributed by atoms with E-state index in [-0.39, 0.29) is 5.91 Å². The van der Waals surface area contributed by atoms with Gasteiger partial charge in [0.2, 0.25) is 0 Å². The third kappa shape index (κ3) is 2.44. The van der Waals surface area contributed by atoms with Crippen molar-refractivity contribution in [3.8, 4) is 0 Å². The number of hydrogen-bond acceptors (Lipinski definition) is 4. The van der Waals surface area contributed by atoms with E-state index in [9.17, 15) is 4.79 Å². The summed E-state index contributed by atoms with van der Waals surface area (Å²) >= 11 is 0. The lowest BCUT2D eigenvalue weighted by molar-refractivity contribution is 0.0950. The number of carbonyl (C=O) groups excluding carboxylic acids is 1. The van der Waals surface area contributed by atoms with Crippen molar-refractivity contribution in [3.63, 3.8) is 0 Å². The van der Waals surface area contributed by atoms with Gasteiger partial charge < -0.3 is 16.0 Å². The Bertz CT molecular complexity index is 569. The van der Waals surface area contributed by atoms with Gasteiger partial charge >= 0.3 is 0 Å². The largest absolute Gasteiger partial charge is 0.395 e. The fourth-order valence-electron chi connectivity index (χ4n) is 2.04. The maximum Gasteiger partial charge on any atom is 0.273 e. The molecule has 3 rings (SSSR count). The highest BCUT2D eigenvalue weighted by Crippen LogP contribution is 2.42. The molecule has 0 bridgehead atoms. The van der Waals surface area contributed by atoms with Gasteiger partial charge in [0.1, 0.15) is 0 Å². The van der Waals surface area contributed by atoms with E-state index in [1.54, 1.807) is 12.5 Å². The Morgan fingerprint density at radius 3 is 3.05 bits per heavy atom. The third-order valence-electron chi connectivity index (χ3n) is 3.27. The fourth-order valence-corrected chi connectivity index (χ4v) is 2.04. The highest BCUT2D eigenvalue weighted by molar-refractivity contribution is 5.97. The Hall–Kier alpha value is -2.31. The molecule has 2 aromatic rings. The second kappa shape index (κ2) is 4.75. The zero-order chi connectivity index (χ0) is 13.2. The molecule has 7 nitrogen and oxygen atoms in total. The van der Waals surface area contributed by atoms with Crippen LogP contribution in [0.3, 0.4) is 0 Å². The Labute approximate surface area is 110 Å². The smallest absolute Gasteiger partial charge is 0.273 e. The lowest BCUT2D eigenvalue weighted by Crippen LogP contribution is -2.26. The molecule has 2 heterocycles. The molecule has 0 radical (unpaired) electrons. The first-order valence-corrected chi connectivity index (χ1v) is 6.35. The first-order valence-electron chi connectivity index (χ1n) is 6.35. The predicted molar refractivity (Wildman–Crippen MR) is 69.6 cm³/mol. The highest BCUT2D eigenvalue weighted by atomic mass is 16.1. The molecule has 0 aliphatic heterocycles. The summed E-state index contributed by atoms with van der Waals surface area (Å²) in [7, 11) is 0. The summed E-state index contributed by atoms with van der Waals surface area (Å²) in [5.41, 5.74) is 8.61. The second-order valence-corrected chi connectivity index (χ2v) is 4.76. The van der Waals surface area contributed by atoms with Crippen molar-refractivity contribution in [1.29, 1.82) is 0 Å². The van der Waals surface area contributed by atoms with E-state index in [4.69, 9.17) is 5.73 Å². The molecule has 0 aromatic carbocycles. The molecule has 19 heavy (non-hydrogen) atoms. The number of rotatable bonds is 5. The average Bonchev–Trinajstić information content (AvgIpc) is 2.96. The standard InChI is InChI=1S/C12H16N6O/c13-9-10(7-1-2-7)17-18-11(9)12(19)15-4-3-8-5-14-6-16-8/h5-7H,1-4,13H2,(H,14,16)(H,15,19)(H,17,18). The summed E-state index contributed by atoms with van der Waals surface area (Å²) in [6.45, 7) is 0.520. The summed E-state index contributed by atoms with van der Waals surface area (Å²) in [6.07, 6.45) is 6.29. The van der Waals surface area contributed by atoms with Crippen LogP contribution in [-0.4, -0.2) is 32.6 Å². The normalized spacial score (nSPS) is 14.5. The van der Waals surface area contributed by atoms with E-state index < -0.39 is 0 Å². The Morgan fingerprint density at radius 2 is 2.37 bits per heavy atom. The third-order valence-corrected chi connectivity index (χ3v) is 3.27. The molecule has 1 saturated carbocycles. The molecule has 0 saturated heterocycles. The lowest BCUT2D eigenvalue weighted by Gasteiger charge is -2.02. The highest BCUT2D eigenvalue weighted by Gasteiger charge is 2.30. The number of aromatic nitrogens is 4. The van der Waals surface area contributed by atoms with Crippen LogP contribution >= 0.6 is 0 Å². The molecular weight excluding hydrogens is 244 g/mol. The van der Waals surface area contributed by atoms with Crippen molar-refractivity contribution in [3.05, 3.63) is 29.6 Å². The monoisotopic (exact) mass is 260 g/mol. The number of H-pyrrole nitrogens is 2. The summed E-state index contributed by atoms with van der Waals surface area (Å²) in [5, 5.41) is 9.68. The maximum absolute atomic E-state index is 12.0. The topological polar surface area (TPSA) is 112 Å². The van der Waals surface area contributed by atoms with Crippen molar-refractivity contribution < 1.29 is 4.79 Å². The van der Waals surface area contributed by atoms with Crippen molar-refractivity contribution >= 4 is 11.6 Å². The molecule has 5 N–H and O–H groups in total. The van der Waals surface area contributed by atoms with Crippen LogP contribution in [0.1, 0.15) is 40.6 Å². The molecule has 1 aliphatic rings. The van der Waals surface area contributed by atoms with Gasteiger partial charge in [0.15, 0.2) is 5.69 Å². The number of nitrogen functional groups attached to an aromatic ring is 1. The van der Waals surface area contributed by atoms with Gasteiger partial charge in [0, 0.05) is 30.8 Å². The molecule has 1 amide bonds. The van der Waals surface area contributed by atoms with Crippen LogP contribution in [0.15, 0.2) is 12.5 Å². The van der Waals surface area contributed by atoms with Crippen LogP contribution in [0.4, 0.5) is 5.69 Å². The Morgan fingerprint density at radius 1 is 1.53 bits per heavy atom. The molecule has 7 heteroatoms. The zero-order valence-corrected chi connectivity index (χ0v) is 10.4. The number of imidazole rings is 1. The molecular formula is C12H16N6O. The first-order chi connectivity index (χ1) is 9.25. The van der Waals surface area contributed by atoms with Gasteiger partial charge in [-0.3, -0.25) is 9.89 Å². The number of nitrogens with two attached hydrogens (primary N) is 1. The zero-order valence-electron chi connectivity index (χ0n) is 10.4. The van der Waals surface area contributed by atoms with E-state index in [0.29, 0.717) is 30.3 Å². The molecule has 0 unspecified atom stereocenters. The van der Waals surface area contributed by atoms with Crippen LogP contribution in [0, 0.1) is 0 Å². The number of hydrogen-bond donors (Lipinski definition) is 4. The van der Waals surface area contributed by atoms with Gasteiger partial charge in [0.05, 0.1) is 17.7 Å². The van der Waals surface area contributed by atoms with Gasteiger partial charge in [-0.05, 0) is 12.8 Å². The van der Waals surface area contributed by atoms with E-state index in [1.165, 1.54) is 0 Å². The summed E-state index contributed by atoms with van der Waals surface area (Å²) in [6, 6.07) is 0. The average molecular weight is 260 g/mol. The van der Waals surface area contributed by atoms with Crippen LogP contribution in [-0.2, 0) is 6.42 Å². The minimum absolute atomic E-state index is 0.236. The fraction of sp³-hybridized carbons (Fsp3) is 0.417. The molecule has 0 spiro atoms. The van der Waals surface area contributed by atoms with Crippen LogP contribution < -0.4 is 11.1 Å². The summed E-state index contributed by atoms with van der Waals surface area (Å²) in [5.74, 6) is 0.221. The van der Waals surface area contributed by atoms with Gasteiger partial charge in [-0.25, -0.2) is 4.98 Å². The van der Waals surface area contributed by atoms with E-state index in [2.05, 4.69) is 25.5 Å². The molecule has 0 atom stereocenters. The Balaban J connectivity index is 1.57. The first kappa shape index (κ1) is 11.8. The van der Waals surface area contributed by atoms with Gasteiger partial charge in [0.25, 0.3) is 5.91 Å². The molecule has 2 aromatic heterocycles. The number of nitrogens with zero attached hydrogens (tertiary/aromatic N) is 2. The molecule has 1 fully saturated rings. The minimum atomic E-state index is -0.236.